The number of nitrogens with zero attached hydrogens (tertiary/aromatic N) is 1. The fourth-order valence-electron chi connectivity index (χ4n) is 1.73. The molecule has 1 aromatic carbocycles. The number of amides is 1. The summed E-state index contributed by atoms with van der Waals surface area (Å²) in [6, 6.07) is 5.74. The number of hydrogen-bond acceptors (Lipinski definition) is 4. The molecule has 17 heavy (non-hydrogen) atoms. The molecule has 0 atom stereocenters. The Bertz CT molecular complexity index is 601. The first-order chi connectivity index (χ1) is 8.07. The SMILES string of the molecule is Cc1nc2ccc(NC(=O)C3(N)CC3)cc2s1. The second kappa shape index (κ2) is 3.51. The van der Waals surface area contributed by atoms with E-state index in [9.17, 15) is 4.79 Å². The zero-order valence-corrected chi connectivity index (χ0v) is 10.3. The summed E-state index contributed by atoms with van der Waals surface area (Å²) >= 11 is 1.62. The summed E-state index contributed by atoms with van der Waals surface area (Å²) in [4.78, 5) is 16.2. The third-order valence-corrected chi connectivity index (χ3v) is 3.93. The fourth-order valence-corrected chi connectivity index (χ4v) is 2.60. The van der Waals surface area contributed by atoms with Gasteiger partial charge in [-0.05, 0) is 38.0 Å². The lowest BCUT2D eigenvalue weighted by atomic mass is 10.2. The second-order valence-electron chi connectivity index (χ2n) is 4.53. The quantitative estimate of drug-likeness (QED) is 0.853. The molecule has 0 saturated heterocycles. The van der Waals surface area contributed by atoms with E-state index in [-0.39, 0.29) is 5.91 Å². The number of carbonyl (C=O) groups excluding carboxylic acids is 1. The molecule has 1 saturated carbocycles. The molecule has 3 rings (SSSR count). The first-order valence-electron chi connectivity index (χ1n) is 5.54. The van der Waals surface area contributed by atoms with Crippen LogP contribution in [0.5, 0.6) is 0 Å². The van der Waals surface area contributed by atoms with E-state index in [1.54, 1.807) is 11.3 Å². The molecule has 1 fully saturated rings. The third kappa shape index (κ3) is 1.92. The van der Waals surface area contributed by atoms with Crippen LogP contribution in [-0.2, 0) is 4.79 Å². The number of rotatable bonds is 2. The molecule has 4 nitrogen and oxygen atoms in total. The number of fused-ring (bicyclic) bond motifs is 1. The second-order valence-corrected chi connectivity index (χ2v) is 5.76. The topological polar surface area (TPSA) is 68.0 Å². The molecule has 0 unspecified atom stereocenters. The lowest BCUT2D eigenvalue weighted by Crippen LogP contribution is -2.37. The molecule has 5 heteroatoms. The van der Waals surface area contributed by atoms with E-state index < -0.39 is 5.54 Å². The Morgan fingerprint density at radius 1 is 1.53 bits per heavy atom. The van der Waals surface area contributed by atoms with Crippen LogP contribution >= 0.6 is 11.3 Å². The van der Waals surface area contributed by atoms with E-state index in [1.807, 2.05) is 25.1 Å². The van der Waals surface area contributed by atoms with Crippen LogP contribution in [0.25, 0.3) is 10.2 Å². The summed E-state index contributed by atoms with van der Waals surface area (Å²) in [7, 11) is 0. The van der Waals surface area contributed by atoms with Gasteiger partial charge in [0.2, 0.25) is 5.91 Å². The number of nitrogens with two attached hydrogens (primary N) is 1. The largest absolute Gasteiger partial charge is 0.324 e. The van der Waals surface area contributed by atoms with Crippen molar-refractivity contribution in [2.75, 3.05) is 5.32 Å². The summed E-state index contributed by atoms with van der Waals surface area (Å²) in [5, 5.41) is 3.89. The Balaban J connectivity index is 1.87. The van der Waals surface area contributed by atoms with Gasteiger partial charge in [0.15, 0.2) is 0 Å². The maximum absolute atomic E-state index is 11.8. The summed E-state index contributed by atoms with van der Waals surface area (Å²) in [5.74, 6) is -0.0851. The van der Waals surface area contributed by atoms with Gasteiger partial charge in [0, 0.05) is 5.69 Å². The summed E-state index contributed by atoms with van der Waals surface area (Å²) in [6.45, 7) is 1.97. The highest BCUT2D eigenvalue weighted by molar-refractivity contribution is 7.18. The van der Waals surface area contributed by atoms with Gasteiger partial charge in [-0.25, -0.2) is 4.98 Å². The van der Waals surface area contributed by atoms with Gasteiger partial charge >= 0.3 is 0 Å². The molecular formula is C12H13N3OS. The number of aryl methyl sites for hydroxylation is 1. The van der Waals surface area contributed by atoms with Crippen molar-refractivity contribution in [2.45, 2.75) is 25.3 Å². The van der Waals surface area contributed by atoms with Crippen LogP contribution in [0, 0.1) is 6.92 Å². The number of thiazole rings is 1. The molecule has 1 aromatic heterocycles. The first-order valence-corrected chi connectivity index (χ1v) is 6.36. The van der Waals surface area contributed by atoms with Crippen molar-refractivity contribution in [1.82, 2.24) is 4.98 Å². The van der Waals surface area contributed by atoms with E-state index in [0.29, 0.717) is 0 Å². The van der Waals surface area contributed by atoms with E-state index in [1.165, 1.54) is 0 Å². The number of anilines is 1. The van der Waals surface area contributed by atoms with Crippen molar-refractivity contribution in [3.63, 3.8) is 0 Å². The number of carbonyl (C=O) groups is 1. The van der Waals surface area contributed by atoms with Gasteiger partial charge in [-0.15, -0.1) is 11.3 Å². The molecule has 0 aliphatic heterocycles. The highest BCUT2D eigenvalue weighted by atomic mass is 32.1. The molecule has 88 valence electrons. The molecule has 2 aromatic rings. The highest BCUT2D eigenvalue weighted by Crippen LogP contribution is 2.33. The monoisotopic (exact) mass is 247 g/mol. The Kier molecular flexibility index (Phi) is 2.21. The van der Waals surface area contributed by atoms with E-state index in [2.05, 4.69) is 10.3 Å². The van der Waals surface area contributed by atoms with E-state index in [4.69, 9.17) is 5.73 Å². The minimum Gasteiger partial charge on any atom is -0.324 e. The van der Waals surface area contributed by atoms with Gasteiger partial charge in [-0.2, -0.15) is 0 Å². The van der Waals surface area contributed by atoms with E-state index in [0.717, 1.165) is 33.8 Å². The van der Waals surface area contributed by atoms with Gasteiger partial charge in [-0.1, -0.05) is 0 Å². The predicted molar refractivity (Wildman–Crippen MR) is 69.1 cm³/mol. The van der Waals surface area contributed by atoms with Crippen molar-refractivity contribution in [3.05, 3.63) is 23.2 Å². The number of nitrogens with one attached hydrogen (secondary N) is 1. The normalized spacial score (nSPS) is 17.1. The average molecular weight is 247 g/mol. The number of hydrogen-bond donors (Lipinski definition) is 2. The van der Waals surface area contributed by atoms with Crippen LogP contribution in [0.15, 0.2) is 18.2 Å². The number of aromatic nitrogens is 1. The zero-order valence-electron chi connectivity index (χ0n) is 9.49. The molecule has 0 radical (unpaired) electrons. The van der Waals surface area contributed by atoms with E-state index >= 15 is 0 Å². The Labute approximate surface area is 103 Å². The van der Waals surface area contributed by atoms with Gasteiger partial charge in [0.05, 0.1) is 20.8 Å². The van der Waals surface area contributed by atoms with Crippen LogP contribution < -0.4 is 11.1 Å². The van der Waals surface area contributed by atoms with Crippen LogP contribution in [-0.4, -0.2) is 16.4 Å². The third-order valence-electron chi connectivity index (χ3n) is 2.99. The average Bonchev–Trinajstić information content (AvgIpc) is 2.91. The van der Waals surface area contributed by atoms with Gasteiger partial charge in [0.25, 0.3) is 0 Å². The lowest BCUT2D eigenvalue weighted by Gasteiger charge is -2.09. The standard InChI is InChI=1S/C12H13N3OS/c1-7-14-9-3-2-8(6-10(9)17-7)15-11(16)12(13)4-5-12/h2-3,6H,4-5,13H2,1H3,(H,15,16). The lowest BCUT2D eigenvalue weighted by molar-refractivity contribution is -0.118. The molecule has 1 aliphatic rings. The molecular weight excluding hydrogens is 234 g/mol. The zero-order chi connectivity index (χ0) is 12.0. The minimum atomic E-state index is -0.626. The Hall–Kier alpha value is -1.46. The van der Waals surface area contributed by atoms with Crippen molar-refractivity contribution in [3.8, 4) is 0 Å². The fraction of sp³-hybridized carbons (Fsp3) is 0.333. The minimum absolute atomic E-state index is 0.0851. The van der Waals surface area contributed by atoms with Crippen molar-refractivity contribution in [1.29, 1.82) is 0 Å². The first kappa shape index (κ1) is 10.7. The maximum atomic E-state index is 11.8. The summed E-state index contributed by atoms with van der Waals surface area (Å²) < 4.78 is 1.09. The Morgan fingerprint density at radius 3 is 3.00 bits per heavy atom. The maximum Gasteiger partial charge on any atom is 0.244 e. The molecule has 0 spiro atoms. The molecule has 0 bridgehead atoms. The van der Waals surface area contributed by atoms with Crippen LogP contribution in [0.3, 0.4) is 0 Å². The summed E-state index contributed by atoms with van der Waals surface area (Å²) in [6.07, 6.45) is 1.56. The number of benzene rings is 1. The predicted octanol–water partition coefficient (Wildman–Crippen LogP) is 2.03. The smallest absolute Gasteiger partial charge is 0.244 e. The molecule has 1 aliphatic carbocycles. The van der Waals surface area contributed by atoms with Crippen molar-refractivity contribution >= 4 is 33.1 Å². The van der Waals surface area contributed by atoms with Crippen molar-refractivity contribution in [2.24, 2.45) is 5.73 Å². The molecule has 1 amide bonds. The summed E-state index contributed by atoms with van der Waals surface area (Å²) in [5.41, 5.74) is 6.97. The van der Waals surface area contributed by atoms with Crippen LogP contribution in [0.4, 0.5) is 5.69 Å². The van der Waals surface area contributed by atoms with Gasteiger partial charge in [-0.3, -0.25) is 4.79 Å². The Morgan fingerprint density at radius 2 is 2.29 bits per heavy atom. The molecule has 1 heterocycles. The highest BCUT2D eigenvalue weighted by Gasteiger charge is 2.45. The van der Waals surface area contributed by atoms with Gasteiger partial charge < -0.3 is 11.1 Å². The van der Waals surface area contributed by atoms with Crippen LogP contribution in [0.2, 0.25) is 0 Å². The van der Waals surface area contributed by atoms with Crippen molar-refractivity contribution < 1.29 is 4.79 Å². The van der Waals surface area contributed by atoms with Gasteiger partial charge in [0.1, 0.15) is 0 Å². The molecule has 3 N–H and O–H groups in total. The van der Waals surface area contributed by atoms with Crippen LogP contribution in [0.1, 0.15) is 17.8 Å².